The van der Waals surface area contributed by atoms with Gasteiger partial charge in [-0.15, -0.1) is 0 Å². The Morgan fingerprint density at radius 3 is 2.90 bits per heavy atom. The smallest absolute Gasteiger partial charge is 0.0885 e. The zero-order valence-corrected chi connectivity index (χ0v) is 12.3. The van der Waals surface area contributed by atoms with Crippen LogP contribution in [0, 0.1) is 5.92 Å². The van der Waals surface area contributed by atoms with E-state index >= 15 is 0 Å². The maximum absolute atomic E-state index is 4.48. The molecule has 1 atom stereocenters. The van der Waals surface area contributed by atoms with Gasteiger partial charge in [0, 0.05) is 26.0 Å². The van der Waals surface area contributed by atoms with Crippen molar-refractivity contribution < 1.29 is 0 Å². The Bertz CT molecular complexity index is 575. The van der Waals surface area contributed by atoms with Crippen molar-refractivity contribution in [1.82, 2.24) is 19.7 Å². The van der Waals surface area contributed by atoms with Crippen LogP contribution in [0.15, 0.2) is 30.6 Å². The summed E-state index contributed by atoms with van der Waals surface area (Å²) in [5, 5.41) is 4.22. The molecule has 1 aliphatic heterocycles. The lowest BCUT2D eigenvalue weighted by Crippen LogP contribution is -2.32. The van der Waals surface area contributed by atoms with Crippen LogP contribution in [-0.4, -0.2) is 39.8 Å². The molecule has 1 saturated heterocycles. The number of hydrogen-bond donors (Lipinski definition) is 0. The summed E-state index contributed by atoms with van der Waals surface area (Å²) >= 11 is 0. The summed E-state index contributed by atoms with van der Waals surface area (Å²) in [4.78, 5) is 6.92. The Balaban J connectivity index is 1.76. The van der Waals surface area contributed by atoms with Crippen LogP contribution in [0.2, 0.25) is 0 Å². The summed E-state index contributed by atoms with van der Waals surface area (Å²) in [6.45, 7) is 2.45. The Kier molecular flexibility index (Phi) is 3.83. The van der Waals surface area contributed by atoms with Gasteiger partial charge in [-0.05, 0) is 62.5 Å². The van der Waals surface area contributed by atoms with Gasteiger partial charge >= 0.3 is 0 Å². The van der Waals surface area contributed by atoms with Crippen molar-refractivity contribution in [2.24, 2.45) is 13.0 Å². The largest absolute Gasteiger partial charge is 0.306 e. The number of piperidine rings is 1. The molecule has 2 aromatic heterocycles. The number of aryl methyl sites for hydroxylation is 1. The molecule has 4 heteroatoms. The molecular weight excluding hydrogens is 248 g/mol. The number of likely N-dealkylation sites (tertiary alicyclic amines) is 1. The van der Waals surface area contributed by atoms with E-state index in [1.165, 1.54) is 31.5 Å². The van der Waals surface area contributed by atoms with Crippen molar-refractivity contribution in [3.8, 4) is 11.4 Å². The van der Waals surface area contributed by atoms with Crippen molar-refractivity contribution in [2.75, 3.05) is 20.1 Å². The van der Waals surface area contributed by atoms with Crippen molar-refractivity contribution in [3.63, 3.8) is 0 Å². The highest BCUT2D eigenvalue weighted by atomic mass is 15.3. The van der Waals surface area contributed by atoms with E-state index in [0.717, 1.165) is 23.7 Å². The molecule has 0 aliphatic carbocycles. The molecule has 0 bridgehead atoms. The average molecular weight is 270 g/mol. The van der Waals surface area contributed by atoms with E-state index in [1.54, 1.807) is 0 Å². The highest BCUT2D eigenvalue weighted by Crippen LogP contribution is 2.22. The molecule has 0 unspecified atom stereocenters. The van der Waals surface area contributed by atoms with Crippen LogP contribution in [0.3, 0.4) is 0 Å². The summed E-state index contributed by atoms with van der Waals surface area (Å²) in [5.41, 5.74) is 3.48. The van der Waals surface area contributed by atoms with Crippen LogP contribution in [0.1, 0.15) is 18.4 Å². The van der Waals surface area contributed by atoms with Crippen molar-refractivity contribution in [3.05, 3.63) is 36.2 Å². The lowest BCUT2D eigenvalue weighted by Gasteiger charge is -2.29. The van der Waals surface area contributed by atoms with Crippen LogP contribution in [-0.2, 0) is 13.5 Å². The van der Waals surface area contributed by atoms with Crippen LogP contribution >= 0.6 is 0 Å². The van der Waals surface area contributed by atoms with E-state index in [4.69, 9.17) is 0 Å². The van der Waals surface area contributed by atoms with E-state index < -0.39 is 0 Å². The average Bonchev–Trinajstić information content (AvgIpc) is 2.85. The van der Waals surface area contributed by atoms with Crippen molar-refractivity contribution >= 4 is 0 Å². The lowest BCUT2D eigenvalue weighted by atomic mass is 9.91. The molecule has 0 amide bonds. The van der Waals surface area contributed by atoms with E-state index in [0.29, 0.717) is 0 Å². The van der Waals surface area contributed by atoms with Gasteiger partial charge in [0.2, 0.25) is 0 Å². The molecule has 1 fully saturated rings. The van der Waals surface area contributed by atoms with Crippen molar-refractivity contribution in [1.29, 1.82) is 0 Å². The minimum atomic E-state index is 0.774. The number of nitrogens with zero attached hydrogens (tertiary/aromatic N) is 4. The molecule has 106 valence electrons. The molecule has 3 heterocycles. The molecular formula is C16H22N4. The standard InChI is InChI=1S/C16H22N4/c1-19-9-3-4-14(12-19)10-13-5-7-17-15(11-13)16-6-8-18-20(16)2/h5-8,11,14H,3-4,9-10,12H2,1-2H3/t14-/m0/s1. The minimum Gasteiger partial charge on any atom is -0.306 e. The topological polar surface area (TPSA) is 34.0 Å². The Morgan fingerprint density at radius 1 is 1.25 bits per heavy atom. The summed E-state index contributed by atoms with van der Waals surface area (Å²) in [6, 6.07) is 6.38. The molecule has 0 radical (unpaired) electrons. The molecule has 1 aliphatic rings. The third kappa shape index (κ3) is 2.90. The maximum atomic E-state index is 4.48. The second-order valence-corrected chi connectivity index (χ2v) is 5.86. The van der Waals surface area contributed by atoms with Gasteiger partial charge in [0.05, 0.1) is 11.4 Å². The van der Waals surface area contributed by atoms with Crippen molar-refractivity contribution in [2.45, 2.75) is 19.3 Å². The first-order valence-electron chi connectivity index (χ1n) is 7.34. The molecule has 0 aromatic carbocycles. The van der Waals surface area contributed by atoms with Gasteiger partial charge in [-0.25, -0.2) is 0 Å². The Hall–Kier alpha value is -1.68. The number of aromatic nitrogens is 3. The Labute approximate surface area is 120 Å². The summed E-state index contributed by atoms with van der Waals surface area (Å²) in [7, 11) is 4.18. The van der Waals surface area contributed by atoms with E-state index in [2.05, 4.69) is 34.2 Å². The van der Waals surface area contributed by atoms with Gasteiger partial charge in [-0.2, -0.15) is 5.10 Å². The molecule has 0 spiro atoms. The zero-order chi connectivity index (χ0) is 13.9. The van der Waals surface area contributed by atoms with Gasteiger partial charge in [0.15, 0.2) is 0 Å². The van der Waals surface area contributed by atoms with E-state index in [9.17, 15) is 0 Å². The first-order valence-corrected chi connectivity index (χ1v) is 7.34. The third-order valence-corrected chi connectivity index (χ3v) is 4.15. The third-order valence-electron chi connectivity index (χ3n) is 4.15. The second-order valence-electron chi connectivity index (χ2n) is 5.86. The predicted octanol–water partition coefficient (Wildman–Crippen LogP) is 2.37. The van der Waals surface area contributed by atoms with Gasteiger partial charge in [-0.1, -0.05) is 0 Å². The monoisotopic (exact) mass is 270 g/mol. The number of hydrogen-bond acceptors (Lipinski definition) is 3. The highest BCUT2D eigenvalue weighted by molar-refractivity contribution is 5.54. The predicted molar refractivity (Wildman–Crippen MR) is 80.4 cm³/mol. The molecule has 2 aromatic rings. The van der Waals surface area contributed by atoms with Gasteiger partial charge in [0.25, 0.3) is 0 Å². The normalized spacial score (nSPS) is 20.2. The molecule has 4 nitrogen and oxygen atoms in total. The quantitative estimate of drug-likeness (QED) is 0.858. The maximum Gasteiger partial charge on any atom is 0.0885 e. The van der Waals surface area contributed by atoms with E-state index in [1.807, 2.05) is 30.2 Å². The molecule has 0 N–H and O–H groups in total. The van der Waals surface area contributed by atoms with Crippen LogP contribution in [0.25, 0.3) is 11.4 Å². The number of rotatable bonds is 3. The first-order chi connectivity index (χ1) is 9.72. The Morgan fingerprint density at radius 2 is 2.15 bits per heavy atom. The van der Waals surface area contributed by atoms with Crippen LogP contribution < -0.4 is 0 Å². The molecule has 0 saturated carbocycles. The van der Waals surface area contributed by atoms with Crippen LogP contribution in [0.4, 0.5) is 0 Å². The van der Waals surface area contributed by atoms with Gasteiger partial charge in [-0.3, -0.25) is 9.67 Å². The summed E-state index contributed by atoms with van der Waals surface area (Å²) in [5.74, 6) is 0.774. The SMILES string of the molecule is CN1CCC[C@@H](Cc2ccnc(-c3ccnn3C)c2)C1. The highest BCUT2D eigenvalue weighted by Gasteiger charge is 2.17. The van der Waals surface area contributed by atoms with Crippen LogP contribution in [0.5, 0.6) is 0 Å². The molecule has 20 heavy (non-hydrogen) atoms. The fourth-order valence-corrected chi connectivity index (χ4v) is 3.14. The minimum absolute atomic E-state index is 0.774. The molecule has 3 rings (SSSR count). The summed E-state index contributed by atoms with van der Waals surface area (Å²) in [6.07, 6.45) is 7.55. The number of pyridine rings is 1. The van der Waals surface area contributed by atoms with Gasteiger partial charge in [0.1, 0.15) is 0 Å². The fraction of sp³-hybridized carbons (Fsp3) is 0.500. The second kappa shape index (κ2) is 5.75. The fourth-order valence-electron chi connectivity index (χ4n) is 3.14. The van der Waals surface area contributed by atoms with Gasteiger partial charge < -0.3 is 4.90 Å². The first kappa shape index (κ1) is 13.3. The summed E-state index contributed by atoms with van der Waals surface area (Å²) < 4.78 is 1.88. The van der Waals surface area contributed by atoms with E-state index in [-0.39, 0.29) is 0 Å². The lowest BCUT2D eigenvalue weighted by molar-refractivity contribution is 0.209. The zero-order valence-electron chi connectivity index (χ0n) is 12.3.